The predicted octanol–water partition coefficient (Wildman–Crippen LogP) is 4.89. The Bertz CT molecular complexity index is 938. The lowest BCUT2D eigenvalue weighted by molar-refractivity contribution is -0.0364. The molecule has 0 bridgehead atoms. The molecule has 1 fully saturated rings. The van der Waals surface area contributed by atoms with E-state index in [1.54, 1.807) is 23.5 Å². The average Bonchev–Trinajstić information content (AvgIpc) is 2.72. The number of nitrogens with zero attached hydrogens (tertiary/aromatic N) is 1. The fraction of sp³-hybridized carbons (Fsp3) is 0.238. The second kappa shape index (κ2) is 7.16. The summed E-state index contributed by atoms with van der Waals surface area (Å²) < 4.78 is 20.1. The van der Waals surface area contributed by atoms with Crippen molar-refractivity contribution in [3.05, 3.63) is 66.2 Å². The Morgan fingerprint density at radius 2 is 1.73 bits per heavy atom. The van der Waals surface area contributed by atoms with Crippen molar-refractivity contribution >= 4 is 29.3 Å². The summed E-state index contributed by atoms with van der Waals surface area (Å²) in [7, 11) is 0. The highest BCUT2D eigenvalue weighted by Gasteiger charge is 2.26. The molecule has 1 atom stereocenters. The molecule has 0 radical (unpaired) electrons. The van der Waals surface area contributed by atoms with Gasteiger partial charge in [-0.3, -0.25) is 4.90 Å². The molecule has 5 rings (SSSR count). The van der Waals surface area contributed by atoms with Crippen LogP contribution >= 0.6 is 23.5 Å². The number of ether oxygens (including phenoxy) is 2. The summed E-state index contributed by atoms with van der Waals surface area (Å²) >= 11 is 3.58. The Balaban J connectivity index is 1.48. The van der Waals surface area contributed by atoms with E-state index in [4.69, 9.17) is 10.8 Å². The van der Waals surface area contributed by atoms with Crippen LogP contribution < -0.4 is 0 Å². The van der Waals surface area contributed by atoms with Gasteiger partial charge < -0.3 is 9.47 Å². The van der Waals surface area contributed by atoms with Crippen LogP contribution in [0, 0.1) is 0 Å². The summed E-state index contributed by atoms with van der Waals surface area (Å²) in [4.78, 5) is 7.24. The zero-order chi connectivity index (χ0) is 18.2. The Hall–Kier alpha value is -1.66. The van der Waals surface area contributed by atoms with E-state index in [1.807, 2.05) is 12.2 Å². The van der Waals surface area contributed by atoms with Gasteiger partial charge in [0.25, 0.3) is 0 Å². The highest BCUT2D eigenvalue weighted by Crippen LogP contribution is 2.50. The van der Waals surface area contributed by atoms with Crippen molar-refractivity contribution in [2.24, 2.45) is 0 Å². The Morgan fingerprint density at radius 1 is 0.962 bits per heavy atom. The molecule has 26 heavy (non-hydrogen) atoms. The fourth-order valence-corrected chi connectivity index (χ4v) is 5.68. The number of benzene rings is 2. The first kappa shape index (κ1) is 15.4. The second-order valence-electron chi connectivity index (χ2n) is 6.28. The minimum Gasteiger partial charge on any atom is -0.471 e. The molecule has 2 aromatic rings. The molecular formula is C21H19NO2S2. The van der Waals surface area contributed by atoms with Gasteiger partial charge in [0.15, 0.2) is 6.23 Å². The van der Waals surface area contributed by atoms with Crippen molar-refractivity contribution in [2.45, 2.75) is 25.8 Å². The van der Waals surface area contributed by atoms with E-state index in [0.717, 1.165) is 24.4 Å². The van der Waals surface area contributed by atoms with Crippen molar-refractivity contribution in [2.75, 3.05) is 26.3 Å². The number of fused-ring (bicyclic) bond motifs is 2. The topological polar surface area (TPSA) is 21.7 Å². The summed E-state index contributed by atoms with van der Waals surface area (Å²) in [6.45, 7) is 3.08. The van der Waals surface area contributed by atoms with E-state index in [9.17, 15) is 0 Å². The molecule has 2 aromatic carbocycles. The smallest absolute Gasteiger partial charge is 0.172 e. The van der Waals surface area contributed by atoms with E-state index in [1.165, 1.54) is 19.6 Å². The Kier molecular flexibility index (Phi) is 4.24. The molecular weight excluding hydrogens is 362 g/mol. The van der Waals surface area contributed by atoms with Crippen LogP contribution in [0.4, 0.5) is 0 Å². The van der Waals surface area contributed by atoms with Crippen LogP contribution in [0.1, 0.15) is 6.93 Å². The van der Waals surface area contributed by atoms with Crippen LogP contribution in [0.2, 0.25) is 0 Å². The van der Waals surface area contributed by atoms with Crippen LogP contribution in [0.5, 0.6) is 0 Å². The number of allylic oxidation sites excluding steroid dienone is 2. The first-order chi connectivity index (χ1) is 13.3. The third kappa shape index (κ3) is 3.09. The molecule has 5 heteroatoms. The van der Waals surface area contributed by atoms with Gasteiger partial charge in [-0.1, -0.05) is 53.8 Å². The third-order valence-electron chi connectivity index (χ3n) is 4.63. The van der Waals surface area contributed by atoms with E-state index in [-0.39, 0.29) is 6.23 Å². The van der Waals surface area contributed by atoms with Crippen molar-refractivity contribution in [3.8, 4) is 0 Å². The lowest BCUT2D eigenvalue weighted by Crippen LogP contribution is -2.44. The zero-order valence-corrected chi connectivity index (χ0v) is 15.8. The quantitative estimate of drug-likeness (QED) is 0.628. The minimum absolute atomic E-state index is 0.203. The van der Waals surface area contributed by atoms with Crippen molar-refractivity contribution in [3.63, 3.8) is 0 Å². The average molecular weight is 383 g/mol. The summed E-state index contributed by atoms with van der Waals surface area (Å²) in [6.07, 6.45) is 3.51. The summed E-state index contributed by atoms with van der Waals surface area (Å²) in [5, 5.41) is 0. The first-order valence-corrected chi connectivity index (χ1v) is 10.4. The van der Waals surface area contributed by atoms with E-state index >= 15 is 0 Å². The highest BCUT2D eigenvalue weighted by atomic mass is 32.2. The van der Waals surface area contributed by atoms with Crippen LogP contribution in [0.25, 0.3) is 5.76 Å². The van der Waals surface area contributed by atoms with Crippen LogP contribution in [-0.2, 0) is 9.47 Å². The maximum absolute atomic E-state index is 8.29. The summed E-state index contributed by atoms with van der Waals surface area (Å²) in [5.41, 5.74) is 1.07. The van der Waals surface area contributed by atoms with E-state index in [0.29, 0.717) is 19.3 Å². The lowest BCUT2D eigenvalue weighted by atomic mass is 10.1. The maximum Gasteiger partial charge on any atom is 0.172 e. The molecule has 1 saturated heterocycles. The number of morpholine rings is 1. The molecule has 0 aliphatic carbocycles. The van der Waals surface area contributed by atoms with Gasteiger partial charge in [-0.15, -0.1) is 0 Å². The van der Waals surface area contributed by atoms with Gasteiger partial charge in [0.1, 0.15) is 5.76 Å². The van der Waals surface area contributed by atoms with Crippen LogP contribution in [0.15, 0.2) is 80.3 Å². The SMILES string of the molecule is [2H]C1=CC(N2CCOCC2)OC(c2cccc3c2Sc2ccccc2S3)=C1. The van der Waals surface area contributed by atoms with Crippen molar-refractivity contribution in [1.82, 2.24) is 4.90 Å². The van der Waals surface area contributed by atoms with Gasteiger partial charge in [0.05, 0.1) is 14.6 Å². The molecule has 0 amide bonds. The van der Waals surface area contributed by atoms with Gasteiger partial charge >= 0.3 is 0 Å². The van der Waals surface area contributed by atoms with Gasteiger partial charge in [-0.25, -0.2) is 0 Å². The molecule has 0 N–H and O–H groups in total. The molecule has 0 aromatic heterocycles. The molecule has 3 aliphatic heterocycles. The summed E-state index contributed by atoms with van der Waals surface area (Å²) in [5.74, 6) is 0.781. The molecule has 0 saturated carbocycles. The van der Waals surface area contributed by atoms with Gasteiger partial charge in [0, 0.05) is 38.2 Å². The monoisotopic (exact) mass is 382 g/mol. The normalized spacial score (nSPS) is 23.1. The van der Waals surface area contributed by atoms with Crippen LogP contribution in [0.3, 0.4) is 0 Å². The lowest BCUT2D eigenvalue weighted by Gasteiger charge is -2.35. The van der Waals surface area contributed by atoms with Crippen LogP contribution in [-0.4, -0.2) is 37.4 Å². The van der Waals surface area contributed by atoms with Crippen molar-refractivity contribution < 1.29 is 10.8 Å². The first-order valence-electron chi connectivity index (χ1n) is 9.25. The molecule has 1 unspecified atom stereocenters. The van der Waals surface area contributed by atoms with Crippen molar-refractivity contribution in [1.29, 1.82) is 0 Å². The highest BCUT2D eigenvalue weighted by molar-refractivity contribution is 8.05. The van der Waals surface area contributed by atoms with Gasteiger partial charge in [-0.05, 0) is 30.4 Å². The minimum atomic E-state index is -0.203. The second-order valence-corrected chi connectivity index (χ2v) is 8.42. The number of hydrogen-bond donors (Lipinski definition) is 0. The molecule has 0 spiro atoms. The summed E-state index contributed by atoms with van der Waals surface area (Å²) in [6, 6.07) is 15.3. The Morgan fingerprint density at radius 3 is 2.58 bits per heavy atom. The molecule has 3 nitrogen and oxygen atoms in total. The standard InChI is InChI=1S/C21H19NO2S2/c1-2-8-18-17(7-1)25-19-9-3-5-15(21(19)26-18)16-6-4-10-20(24-16)22-11-13-23-14-12-22/h1-10,20H,11-14H2/i4D. The third-order valence-corrected chi connectivity index (χ3v) is 7.25. The van der Waals surface area contributed by atoms with Gasteiger partial charge in [0.2, 0.25) is 0 Å². The van der Waals surface area contributed by atoms with E-state index < -0.39 is 0 Å². The van der Waals surface area contributed by atoms with Gasteiger partial charge in [-0.2, -0.15) is 0 Å². The zero-order valence-electron chi connectivity index (χ0n) is 15.2. The predicted molar refractivity (Wildman–Crippen MR) is 106 cm³/mol. The molecule has 3 heterocycles. The maximum atomic E-state index is 8.29. The number of rotatable bonds is 2. The fourth-order valence-electron chi connectivity index (χ4n) is 3.30. The van der Waals surface area contributed by atoms with E-state index in [2.05, 4.69) is 47.4 Å². The molecule has 3 aliphatic rings. The molecule has 132 valence electrons. The Labute approximate surface area is 163 Å². The largest absolute Gasteiger partial charge is 0.471 e. The number of hydrogen-bond acceptors (Lipinski definition) is 5.